The zero-order chi connectivity index (χ0) is 19.7. The minimum absolute atomic E-state index is 0.0449. The van der Waals surface area contributed by atoms with Gasteiger partial charge in [0.05, 0.1) is 27.6 Å². The molecule has 6 heteroatoms. The Hall–Kier alpha value is -3.64. The van der Waals surface area contributed by atoms with Crippen molar-refractivity contribution in [3.05, 3.63) is 59.7 Å². The largest absolute Gasteiger partial charge is 0.335 e. The van der Waals surface area contributed by atoms with Crippen LogP contribution in [0.15, 0.2) is 48.5 Å². The van der Waals surface area contributed by atoms with Gasteiger partial charge in [-0.05, 0) is 25.0 Å². The number of hydrogen-bond donors (Lipinski definition) is 2. The number of benzene rings is 3. The van der Waals surface area contributed by atoms with Crippen LogP contribution in [-0.4, -0.2) is 20.9 Å². The number of carbonyl (C=O) groups is 1. The van der Waals surface area contributed by atoms with Crippen molar-refractivity contribution in [1.82, 2.24) is 14.5 Å². The fourth-order valence-electron chi connectivity index (χ4n) is 6.04. The molecule has 0 aliphatic carbocycles. The lowest BCUT2D eigenvalue weighted by atomic mass is 9.96. The number of para-hydroxylation sites is 2. The van der Waals surface area contributed by atoms with Crippen LogP contribution in [0, 0.1) is 5.41 Å². The van der Waals surface area contributed by atoms with Crippen molar-refractivity contribution in [3.63, 3.8) is 0 Å². The Morgan fingerprint density at radius 1 is 0.833 bits per heavy atom. The third-order valence-electron chi connectivity index (χ3n) is 7.06. The number of nitrogens with one attached hydrogen (secondary N) is 2. The Morgan fingerprint density at radius 2 is 1.37 bits per heavy atom. The quantitative estimate of drug-likeness (QED) is 0.398. The van der Waals surface area contributed by atoms with Crippen LogP contribution in [0.25, 0.3) is 43.6 Å². The molecule has 2 bridgehead atoms. The van der Waals surface area contributed by atoms with E-state index in [0.717, 1.165) is 62.0 Å². The molecular formula is C24H16N4O2. The third-order valence-corrected chi connectivity index (χ3v) is 7.06. The van der Waals surface area contributed by atoms with Gasteiger partial charge in [-0.2, -0.15) is 0 Å². The molecule has 1 fully saturated rings. The van der Waals surface area contributed by atoms with E-state index in [1.807, 2.05) is 24.3 Å². The lowest BCUT2D eigenvalue weighted by molar-refractivity contribution is -0.0229. The molecule has 3 aliphatic heterocycles. The SMILES string of the molecule is N=C1NC(=O)c2c1c1c3ccccc3n3c1c1c2c2ccccc2n1[C@@H]1CC[C@H]3O1. The molecule has 2 aromatic heterocycles. The van der Waals surface area contributed by atoms with E-state index in [-0.39, 0.29) is 24.2 Å². The number of amidine groups is 1. The molecular weight excluding hydrogens is 376 g/mol. The molecule has 3 aliphatic rings. The van der Waals surface area contributed by atoms with Crippen molar-refractivity contribution in [1.29, 1.82) is 5.41 Å². The number of nitrogens with zero attached hydrogens (tertiary/aromatic N) is 2. The summed E-state index contributed by atoms with van der Waals surface area (Å²) < 4.78 is 11.2. The predicted molar refractivity (Wildman–Crippen MR) is 115 cm³/mol. The molecule has 2 N–H and O–H groups in total. The van der Waals surface area contributed by atoms with Crippen LogP contribution >= 0.6 is 0 Å². The summed E-state index contributed by atoms with van der Waals surface area (Å²) in [6.07, 6.45) is 1.78. The molecule has 5 heterocycles. The first-order valence-corrected chi connectivity index (χ1v) is 10.3. The molecule has 3 aromatic carbocycles. The maximum atomic E-state index is 13.1. The summed E-state index contributed by atoms with van der Waals surface area (Å²) in [6, 6.07) is 16.5. The Balaban J connectivity index is 1.83. The molecule has 1 amide bonds. The van der Waals surface area contributed by atoms with Crippen molar-refractivity contribution >= 4 is 55.4 Å². The van der Waals surface area contributed by atoms with Gasteiger partial charge in [0.25, 0.3) is 5.91 Å². The number of hydrogen-bond acceptors (Lipinski definition) is 3. The van der Waals surface area contributed by atoms with Gasteiger partial charge in [-0.1, -0.05) is 36.4 Å². The Kier molecular flexibility index (Phi) is 2.41. The Morgan fingerprint density at radius 3 is 1.97 bits per heavy atom. The minimum atomic E-state index is -0.188. The molecule has 0 radical (unpaired) electrons. The first-order chi connectivity index (χ1) is 14.7. The summed E-state index contributed by atoms with van der Waals surface area (Å²) in [7, 11) is 0. The van der Waals surface area contributed by atoms with Gasteiger partial charge in [0.15, 0.2) is 0 Å². The van der Waals surface area contributed by atoms with Crippen molar-refractivity contribution in [3.8, 4) is 0 Å². The fourth-order valence-corrected chi connectivity index (χ4v) is 6.04. The van der Waals surface area contributed by atoms with Gasteiger partial charge in [0.1, 0.15) is 18.3 Å². The second-order valence-corrected chi connectivity index (χ2v) is 8.42. The molecule has 8 rings (SSSR count). The van der Waals surface area contributed by atoms with Gasteiger partial charge in [-0.15, -0.1) is 0 Å². The molecule has 30 heavy (non-hydrogen) atoms. The Bertz CT molecular complexity index is 1530. The zero-order valence-electron chi connectivity index (χ0n) is 15.9. The van der Waals surface area contributed by atoms with Crippen LogP contribution in [-0.2, 0) is 4.74 Å². The monoisotopic (exact) mass is 392 g/mol. The summed E-state index contributed by atoms with van der Waals surface area (Å²) in [4.78, 5) is 13.1. The van der Waals surface area contributed by atoms with Gasteiger partial charge in [0, 0.05) is 27.1 Å². The molecule has 0 unspecified atom stereocenters. The van der Waals surface area contributed by atoms with E-state index in [4.69, 9.17) is 10.1 Å². The maximum Gasteiger partial charge on any atom is 0.258 e. The standard InChI is InChI=1S/C24H16N4O2/c25-23-19-17-11-5-1-3-7-13(11)27-15-9-10-16(30-15)28-14-8-4-2-6-12(14)18(22(28)21(17)27)20(19)24(29)26-23/h1-8,15-16H,9-10H2,(H2,25,26,29)/t15-,16+/m1/s1. The number of fused-ring (bicyclic) bond motifs is 13. The van der Waals surface area contributed by atoms with E-state index in [9.17, 15) is 4.79 Å². The highest BCUT2D eigenvalue weighted by Crippen LogP contribution is 2.52. The molecule has 144 valence electrons. The highest BCUT2D eigenvalue weighted by molar-refractivity contribution is 6.40. The zero-order valence-corrected chi connectivity index (χ0v) is 15.9. The van der Waals surface area contributed by atoms with Gasteiger partial charge in [0.2, 0.25) is 0 Å². The summed E-state index contributed by atoms with van der Waals surface area (Å²) in [5.74, 6) is -0.00100. The van der Waals surface area contributed by atoms with Crippen molar-refractivity contribution in [2.45, 2.75) is 25.3 Å². The van der Waals surface area contributed by atoms with Crippen LogP contribution in [0.4, 0.5) is 0 Å². The van der Waals surface area contributed by atoms with Crippen LogP contribution in [0.2, 0.25) is 0 Å². The molecule has 5 aromatic rings. The summed E-state index contributed by atoms with van der Waals surface area (Å²) >= 11 is 0. The minimum Gasteiger partial charge on any atom is -0.335 e. The fraction of sp³-hybridized carbons (Fsp3) is 0.167. The predicted octanol–water partition coefficient (Wildman–Crippen LogP) is 4.79. The van der Waals surface area contributed by atoms with Crippen LogP contribution in [0.3, 0.4) is 0 Å². The van der Waals surface area contributed by atoms with Crippen LogP contribution < -0.4 is 5.32 Å². The molecule has 6 nitrogen and oxygen atoms in total. The van der Waals surface area contributed by atoms with Crippen LogP contribution in [0.1, 0.15) is 41.2 Å². The van der Waals surface area contributed by atoms with E-state index in [2.05, 4.69) is 38.7 Å². The molecule has 1 saturated heterocycles. The Labute approximate surface area is 170 Å². The lowest BCUT2D eigenvalue weighted by Crippen LogP contribution is -2.20. The molecule has 0 saturated carbocycles. The number of carbonyl (C=O) groups excluding carboxylic acids is 1. The second-order valence-electron chi connectivity index (χ2n) is 8.42. The maximum absolute atomic E-state index is 13.1. The summed E-state index contributed by atoms with van der Waals surface area (Å²) in [5, 5.41) is 15.4. The molecule has 0 spiro atoms. The van der Waals surface area contributed by atoms with Crippen molar-refractivity contribution in [2.75, 3.05) is 0 Å². The van der Waals surface area contributed by atoms with Crippen molar-refractivity contribution in [2.24, 2.45) is 0 Å². The van der Waals surface area contributed by atoms with Crippen LogP contribution in [0.5, 0.6) is 0 Å². The van der Waals surface area contributed by atoms with E-state index in [0.29, 0.717) is 5.56 Å². The topological polar surface area (TPSA) is 72.0 Å². The van der Waals surface area contributed by atoms with E-state index in [1.54, 1.807) is 0 Å². The highest BCUT2D eigenvalue weighted by Gasteiger charge is 2.41. The number of amides is 1. The highest BCUT2D eigenvalue weighted by atomic mass is 16.5. The number of ether oxygens (including phenoxy) is 1. The van der Waals surface area contributed by atoms with Gasteiger partial charge in [-0.3, -0.25) is 10.2 Å². The summed E-state index contributed by atoms with van der Waals surface area (Å²) in [6.45, 7) is 0. The smallest absolute Gasteiger partial charge is 0.258 e. The average molecular weight is 392 g/mol. The van der Waals surface area contributed by atoms with E-state index in [1.165, 1.54) is 0 Å². The van der Waals surface area contributed by atoms with E-state index >= 15 is 0 Å². The van der Waals surface area contributed by atoms with E-state index < -0.39 is 0 Å². The van der Waals surface area contributed by atoms with Gasteiger partial charge >= 0.3 is 0 Å². The average Bonchev–Trinajstić information content (AvgIpc) is 3.46. The lowest BCUT2D eigenvalue weighted by Gasteiger charge is -2.15. The second kappa shape index (κ2) is 4.74. The van der Waals surface area contributed by atoms with Crippen molar-refractivity contribution < 1.29 is 9.53 Å². The first-order valence-electron chi connectivity index (χ1n) is 10.3. The third kappa shape index (κ3) is 1.46. The number of rotatable bonds is 0. The first kappa shape index (κ1) is 15.2. The molecule has 2 atom stereocenters. The number of aromatic nitrogens is 2. The van der Waals surface area contributed by atoms with Gasteiger partial charge < -0.3 is 19.2 Å². The summed E-state index contributed by atoms with van der Waals surface area (Å²) in [5.41, 5.74) is 5.65. The normalized spacial score (nSPS) is 22.0. The van der Waals surface area contributed by atoms with Gasteiger partial charge in [-0.25, -0.2) is 0 Å².